The molecule has 5 heteroatoms. The van der Waals surface area contributed by atoms with Crippen molar-refractivity contribution in [2.45, 2.75) is 38.9 Å². The molecule has 0 amide bonds. The second-order valence-corrected chi connectivity index (χ2v) is 5.32. The van der Waals surface area contributed by atoms with Gasteiger partial charge >= 0.3 is 0 Å². The van der Waals surface area contributed by atoms with Gasteiger partial charge in [-0.2, -0.15) is 5.10 Å². The lowest BCUT2D eigenvalue weighted by Gasteiger charge is -2.26. The number of rotatable bonds is 4. The zero-order valence-electron chi connectivity index (χ0n) is 11.9. The minimum atomic E-state index is 0.317. The molecule has 3 rings (SSSR count). The molecule has 2 heterocycles. The summed E-state index contributed by atoms with van der Waals surface area (Å²) in [7, 11) is 0. The summed E-state index contributed by atoms with van der Waals surface area (Å²) >= 11 is 0. The molecule has 0 fully saturated rings. The van der Waals surface area contributed by atoms with Crippen LogP contribution in [0.25, 0.3) is 0 Å². The number of hydrogen-bond donors (Lipinski definition) is 1. The molecular weight excluding hydrogens is 252 g/mol. The first-order valence-electron chi connectivity index (χ1n) is 7.09. The first-order chi connectivity index (χ1) is 9.75. The smallest absolute Gasteiger partial charge is 0.141 e. The maximum atomic E-state index is 5.68. The van der Waals surface area contributed by atoms with Gasteiger partial charge in [0.2, 0.25) is 0 Å². The van der Waals surface area contributed by atoms with Crippen molar-refractivity contribution >= 4 is 0 Å². The normalized spacial score (nSPS) is 17.9. The highest BCUT2D eigenvalue weighted by atomic mass is 16.5. The van der Waals surface area contributed by atoms with E-state index in [2.05, 4.69) is 41.4 Å². The summed E-state index contributed by atoms with van der Waals surface area (Å²) in [5.41, 5.74) is 1.23. The molecule has 106 valence electrons. The summed E-state index contributed by atoms with van der Waals surface area (Å²) in [5.74, 6) is 1.96. The van der Waals surface area contributed by atoms with E-state index in [0.717, 1.165) is 31.1 Å². The van der Waals surface area contributed by atoms with Crippen LogP contribution >= 0.6 is 0 Å². The first kappa shape index (κ1) is 13.1. The van der Waals surface area contributed by atoms with Gasteiger partial charge in [0.25, 0.3) is 0 Å². The first-order valence-corrected chi connectivity index (χ1v) is 7.09. The Balaban J connectivity index is 1.72. The van der Waals surface area contributed by atoms with Crippen LogP contribution in [0.1, 0.15) is 43.7 Å². The molecule has 0 bridgehead atoms. The van der Waals surface area contributed by atoms with Gasteiger partial charge in [-0.15, -0.1) is 0 Å². The Hall–Kier alpha value is -1.88. The Bertz CT molecular complexity index is 579. The summed E-state index contributed by atoms with van der Waals surface area (Å²) in [4.78, 5) is 4.34. The number of para-hydroxylation sites is 1. The Morgan fingerprint density at radius 1 is 1.40 bits per heavy atom. The van der Waals surface area contributed by atoms with Gasteiger partial charge in [0.05, 0.1) is 13.2 Å². The second-order valence-electron chi connectivity index (χ2n) is 5.32. The van der Waals surface area contributed by atoms with Gasteiger partial charge in [-0.25, -0.2) is 9.67 Å². The Kier molecular flexibility index (Phi) is 3.69. The van der Waals surface area contributed by atoms with E-state index in [1.807, 2.05) is 16.8 Å². The molecule has 0 saturated carbocycles. The van der Waals surface area contributed by atoms with Crippen molar-refractivity contribution in [1.82, 2.24) is 20.1 Å². The second kappa shape index (κ2) is 5.63. The molecule has 0 saturated heterocycles. The van der Waals surface area contributed by atoms with E-state index < -0.39 is 0 Å². The summed E-state index contributed by atoms with van der Waals surface area (Å²) in [6.45, 7) is 5.70. The highest BCUT2D eigenvalue weighted by molar-refractivity contribution is 5.37. The monoisotopic (exact) mass is 272 g/mol. The summed E-state index contributed by atoms with van der Waals surface area (Å²) in [6, 6.07) is 8.86. The van der Waals surface area contributed by atoms with Crippen LogP contribution in [0.3, 0.4) is 0 Å². The van der Waals surface area contributed by atoms with Crippen LogP contribution in [0.4, 0.5) is 0 Å². The van der Waals surface area contributed by atoms with Crippen LogP contribution in [0.2, 0.25) is 0 Å². The van der Waals surface area contributed by atoms with Crippen molar-refractivity contribution in [3.8, 4) is 5.75 Å². The van der Waals surface area contributed by atoms with E-state index in [4.69, 9.17) is 4.74 Å². The van der Waals surface area contributed by atoms with Crippen LogP contribution < -0.4 is 10.1 Å². The minimum Gasteiger partial charge on any atom is -0.493 e. The molecule has 0 aliphatic carbocycles. The fraction of sp³-hybridized carbons (Fsp3) is 0.467. The fourth-order valence-corrected chi connectivity index (χ4v) is 2.60. The van der Waals surface area contributed by atoms with E-state index in [-0.39, 0.29) is 0 Å². The standard InChI is InChI=1S/C15H20N4O/c1-11(2)19-15(17-10-18-19)9-16-13-7-8-20-14-6-4-3-5-12(13)14/h3-6,10-11,13,16H,7-9H2,1-2H3. The van der Waals surface area contributed by atoms with E-state index in [0.29, 0.717) is 12.1 Å². The molecule has 1 atom stereocenters. The van der Waals surface area contributed by atoms with Crippen molar-refractivity contribution in [1.29, 1.82) is 0 Å². The number of ether oxygens (including phenoxy) is 1. The number of fused-ring (bicyclic) bond motifs is 1. The highest BCUT2D eigenvalue weighted by Crippen LogP contribution is 2.31. The minimum absolute atomic E-state index is 0.317. The van der Waals surface area contributed by atoms with Crippen molar-refractivity contribution in [3.05, 3.63) is 42.0 Å². The van der Waals surface area contributed by atoms with Crippen molar-refractivity contribution in [2.75, 3.05) is 6.61 Å². The van der Waals surface area contributed by atoms with E-state index in [9.17, 15) is 0 Å². The van der Waals surface area contributed by atoms with Gasteiger partial charge in [0.1, 0.15) is 17.9 Å². The maximum absolute atomic E-state index is 5.68. The van der Waals surface area contributed by atoms with Crippen LogP contribution in [0.5, 0.6) is 5.75 Å². The van der Waals surface area contributed by atoms with Crippen LogP contribution in [0.15, 0.2) is 30.6 Å². The lowest BCUT2D eigenvalue weighted by atomic mass is 10.0. The van der Waals surface area contributed by atoms with Crippen molar-refractivity contribution < 1.29 is 4.74 Å². The Morgan fingerprint density at radius 2 is 2.25 bits per heavy atom. The average molecular weight is 272 g/mol. The lowest BCUT2D eigenvalue weighted by molar-refractivity contribution is 0.251. The van der Waals surface area contributed by atoms with Crippen LogP contribution in [-0.4, -0.2) is 21.4 Å². The van der Waals surface area contributed by atoms with Gasteiger partial charge in [0.15, 0.2) is 0 Å². The number of nitrogens with one attached hydrogen (secondary N) is 1. The molecule has 1 unspecified atom stereocenters. The molecule has 2 aromatic rings. The molecular formula is C15H20N4O. The molecule has 1 aliphatic rings. The molecule has 0 spiro atoms. The molecule has 1 aromatic heterocycles. The summed E-state index contributed by atoms with van der Waals surface area (Å²) in [5, 5.41) is 7.84. The lowest BCUT2D eigenvalue weighted by Crippen LogP contribution is -2.28. The fourth-order valence-electron chi connectivity index (χ4n) is 2.60. The molecule has 20 heavy (non-hydrogen) atoms. The topological polar surface area (TPSA) is 52.0 Å². The molecule has 1 N–H and O–H groups in total. The van der Waals surface area contributed by atoms with Gasteiger partial charge in [-0.05, 0) is 19.9 Å². The van der Waals surface area contributed by atoms with Gasteiger partial charge in [0, 0.05) is 24.1 Å². The van der Waals surface area contributed by atoms with E-state index >= 15 is 0 Å². The molecule has 1 aromatic carbocycles. The molecule has 5 nitrogen and oxygen atoms in total. The van der Waals surface area contributed by atoms with Gasteiger partial charge < -0.3 is 10.1 Å². The SMILES string of the molecule is CC(C)n1ncnc1CNC1CCOc2ccccc21. The quantitative estimate of drug-likeness (QED) is 0.929. The third kappa shape index (κ3) is 2.54. The largest absolute Gasteiger partial charge is 0.493 e. The Labute approximate surface area is 119 Å². The highest BCUT2D eigenvalue weighted by Gasteiger charge is 2.21. The predicted octanol–water partition coefficient (Wildman–Crippen LogP) is 2.47. The predicted molar refractivity (Wildman–Crippen MR) is 76.5 cm³/mol. The van der Waals surface area contributed by atoms with Gasteiger partial charge in [-0.1, -0.05) is 18.2 Å². The number of hydrogen-bond acceptors (Lipinski definition) is 4. The third-order valence-electron chi connectivity index (χ3n) is 3.60. The van der Waals surface area contributed by atoms with Crippen molar-refractivity contribution in [3.63, 3.8) is 0 Å². The van der Waals surface area contributed by atoms with Crippen LogP contribution in [0, 0.1) is 0 Å². The molecule has 0 radical (unpaired) electrons. The van der Waals surface area contributed by atoms with Crippen molar-refractivity contribution in [2.24, 2.45) is 0 Å². The zero-order chi connectivity index (χ0) is 13.9. The average Bonchev–Trinajstić information content (AvgIpc) is 2.93. The van der Waals surface area contributed by atoms with Gasteiger partial charge in [-0.3, -0.25) is 0 Å². The number of aromatic nitrogens is 3. The zero-order valence-corrected chi connectivity index (χ0v) is 11.9. The van der Waals surface area contributed by atoms with Crippen LogP contribution in [-0.2, 0) is 6.54 Å². The summed E-state index contributed by atoms with van der Waals surface area (Å²) < 4.78 is 7.64. The number of benzene rings is 1. The maximum Gasteiger partial charge on any atom is 0.141 e. The third-order valence-corrected chi connectivity index (χ3v) is 3.60. The molecule has 1 aliphatic heterocycles. The van der Waals surface area contributed by atoms with E-state index in [1.54, 1.807) is 6.33 Å². The van der Waals surface area contributed by atoms with E-state index in [1.165, 1.54) is 5.56 Å². The number of nitrogens with zero attached hydrogens (tertiary/aromatic N) is 3. The summed E-state index contributed by atoms with van der Waals surface area (Å²) in [6.07, 6.45) is 2.60. The Morgan fingerprint density at radius 3 is 3.10 bits per heavy atom.